The van der Waals surface area contributed by atoms with E-state index < -0.39 is 0 Å². The van der Waals surface area contributed by atoms with Crippen molar-refractivity contribution in [2.24, 2.45) is 7.05 Å². The van der Waals surface area contributed by atoms with Crippen molar-refractivity contribution in [3.05, 3.63) is 28.4 Å². The Morgan fingerprint density at radius 2 is 1.94 bits per heavy atom. The van der Waals surface area contributed by atoms with Gasteiger partial charge in [-0.15, -0.1) is 0 Å². The highest BCUT2D eigenvalue weighted by Crippen LogP contribution is 2.35. The first kappa shape index (κ1) is 12.4. The van der Waals surface area contributed by atoms with Crippen LogP contribution in [0.1, 0.15) is 39.0 Å². The lowest BCUT2D eigenvalue weighted by atomic mass is 9.85. The Hall–Kier alpha value is -1.02. The van der Waals surface area contributed by atoms with Crippen LogP contribution in [0, 0.1) is 0 Å². The molecule has 3 heteroatoms. The van der Waals surface area contributed by atoms with Crippen LogP contribution in [0.4, 0.5) is 0 Å². The fraction of sp³-hybridized carbons (Fsp3) is 0.500. The van der Waals surface area contributed by atoms with Gasteiger partial charge in [0.1, 0.15) is 0 Å². The van der Waals surface area contributed by atoms with Crippen molar-refractivity contribution in [2.75, 3.05) is 0 Å². The SMILES string of the molecule is CCc1nn(C)c2c(C(C)(C)C)ccc(Cl)c12. The zero-order valence-electron chi connectivity index (χ0n) is 11.1. The van der Waals surface area contributed by atoms with Crippen LogP contribution < -0.4 is 0 Å². The number of hydrogen-bond acceptors (Lipinski definition) is 1. The maximum absolute atomic E-state index is 6.32. The molecule has 1 aromatic heterocycles. The third-order valence-electron chi connectivity index (χ3n) is 3.15. The third-order valence-corrected chi connectivity index (χ3v) is 3.47. The second-order valence-electron chi connectivity index (χ2n) is 5.49. The van der Waals surface area contributed by atoms with Crippen molar-refractivity contribution < 1.29 is 0 Å². The Labute approximate surface area is 108 Å². The Morgan fingerprint density at radius 3 is 2.47 bits per heavy atom. The zero-order valence-corrected chi connectivity index (χ0v) is 11.9. The monoisotopic (exact) mass is 250 g/mol. The van der Waals surface area contributed by atoms with Crippen LogP contribution in [0.5, 0.6) is 0 Å². The summed E-state index contributed by atoms with van der Waals surface area (Å²) in [6.07, 6.45) is 0.907. The molecule has 0 aliphatic rings. The van der Waals surface area contributed by atoms with Crippen LogP contribution in [0.25, 0.3) is 10.9 Å². The normalized spacial score (nSPS) is 12.4. The van der Waals surface area contributed by atoms with E-state index in [-0.39, 0.29) is 5.41 Å². The van der Waals surface area contributed by atoms with Gasteiger partial charge in [-0.3, -0.25) is 4.68 Å². The number of halogens is 1. The highest BCUT2D eigenvalue weighted by atomic mass is 35.5. The van der Waals surface area contributed by atoms with Gasteiger partial charge in [-0.25, -0.2) is 0 Å². The summed E-state index contributed by atoms with van der Waals surface area (Å²) in [6.45, 7) is 8.76. The van der Waals surface area contributed by atoms with E-state index in [1.807, 2.05) is 17.8 Å². The number of nitrogens with zero attached hydrogens (tertiary/aromatic N) is 2. The molecular formula is C14H19ClN2. The fourth-order valence-corrected chi connectivity index (χ4v) is 2.57. The lowest BCUT2D eigenvalue weighted by molar-refractivity contribution is 0.590. The van der Waals surface area contributed by atoms with Gasteiger partial charge in [0.25, 0.3) is 0 Å². The van der Waals surface area contributed by atoms with Crippen molar-refractivity contribution in [1.82, 2.24) is 9.78 Å². The Morgan fingerprint density at radius 1 is 1.29 bits per heavy atom. The zero-order chi connectivity index (χ0) is 12.8. The highest BCUT2D eigenvalue weighted by molar-refractivity contribution is 6.35. The van der Waals surface area contributed by atoms with E-state index in [9.17, 15) is 0 Å². The van der Waals surface area contributed by atoms with Crippen LogP contribution >= 0.6 is 11.6 Å². The summed E-state index contributed by atoms with van der Waals surface area (Å²) < 4.78 is 1.96. The van der Waals surface area contributed by atoms with E-state index in [4.69, 9.17) is 11.6 Å². The number of hydrogen-bond donors (Lipinski definition) is 0. The average molecular weight is 251 g/mol. The van der Waals surface area contributed by atoms with Crippen LogP contribution in [-0.2, 0) is 18.9 Å². The van der Waals surface area contributed by atoms with Gasteiger partial charge in [0, 0.05) is 12.4 Å². The maximum Gasteiger partial charge on any atom is 0.0734 e. The van der Waals surface area contributed by atoms with Crippen LogP contribution in [-0.4, -0.2) is 9.78 Å². The smallest absolute Gasteiger partial charge is 0.0734 e. The summed E-state index contributed by atoms with van der Waals surface area (Å²) in [5.41, 5.74) is 3.65. The number of aromatic nitrogens is 2. The van der Waals surface area contributed by atoms with Gasteiger partial charge in [-0.1, -0.05) is 45.4 Å². The van der Waals surface area contributed by atoms with Gasteiger partial charge in [0.2, 0.25) is 0 Å². The largest absolute Gasteiger partial charge is 0.267 e. The van der Waals surface area contributed by atoms with E-state index in [1.165, 1.54) is 11.1 Å². The molecule has 0 amide bonds. The fourth-order valence-electron chi connectivity index (χ4n) is 2.31. The van der Waals surface area contributed by atoms with Gasteiger partial charge < -0.3 is 0 Å². The molecule has 2 aromatic rings. The summed E-state index contributed by atoms with van der Waals surface area (Å²) in [5, 5.41) is 6.49. The minimum Gasteiger partial charge on any atom is -0.267 e. The summed E-state index contributed by atoms with van der Waals surface area (Å²) in [5.74, 6) is 0. The molecule has 1 heterocycles. The van der Waals surface area contributed by atoms with Gasteiger partial charge in [0.05, 0.1) is 16.2 Å². The molecule has 0 aliphatic heterocycles. The second kappa shape index (κ2) is 4.02. The summed E-state index contributed by atoms with van der Waals surface area (Å²) in [4.78, 5) is 0. The average Bonchev–Trinajstić information content (AvgIpc) is 2.56. The molecule has 1 aromatic carbocycles. The van der Waals surface area contributed by atoms with Crippen molar-refractivity contribution in [3.63, 3.8) is 0 Å². The van der Waals surface area contributed by atoms with E-state index in [1.54, 1.807) is 0 Å². The molecule has 0 unspecified atom stereocenters. The van der Waals surface area contributed by atoms with Gasteiger partial charge in [-0.2, -0.15) is 5.10 Å². The van der Waals surface area contributed by atoms with Gasteiger partial charge >= 0.3 is 0 Å². The van der Waals surface area contributed by atoms with Gasteiger partial charge in [-0.05, 0) is 23.5 Å². The molecule has 0 spiro atoms. The first-order chi connectivity index (χ1) is 7.86. The molecular weight excluding hydrogens is 232 g/mol. The maximum atomic E-state index is 6.32. The molecule has 0 atom stereocenters. The molecule has 92 valence electrons. The molecule has 17 heavy (non-hydrogen) atoms. The number of aryl methyl sites for hydroxylation is 2. The molecule has 0 bridgehead atoms. The molecule has 0 aliphatic carbocycles. The Kier molecular flexibility index (Phi) is 2.94. The molecule has 0 saturated heterocycles. The predicted octanol–water partition coefficient (Wildman–Crippen LogP) is 4.09. The molecule has 2 nitrogen and oxygen atoms in total. The first-order valence-corrected chi connectivity index (χ1v) is 6.38. The number of fused-ring (bicyclic) bond motifs is 1. The van der Waals surface area contributed by atoms with E-state index in [0.717, 1.165) is 22.5 Å². The van der Waals surface area contributed by atoms with E-state index >= 15 is 0 Å². The topological polar surface area (TPSA) is 17.8 Å². The van der Waals surface area contributed by atoms with E-state index in [0.29, 0.717) is 0 Å². The quantitative estimate of drug-likeness (QED) is 0.746. The van der Waals surface area contributed by atoms with Crippen molar-refractivity contribution in [3.8, 4) is 0 Å². The molecule has 0 fully saturated rings. The molecule has 0 radical (unpaired) electrons. The van der Waals surface area contributed by atoms with Crippen LogP contribution in [0.15, 0.2) is 12.1 Å². The summed E-state index contributed by atoms with van der Waals surface area (Å²) in [7, 11) is 1.99. The molecule has 0 saturated carbocycles. The van der Waals surface area contributed by atoms with E-state index in [2.05, 4.69) is 38.9 Å². The summed E-state index contributed by atoms with van der Waals surface area (Å²) in [6, 6.07) is 4.11. The van der Waals surface area contributed by atoms with Crippen LogP contribution in [0.3, 0.4) is 0 Å². The lowest BCUT2D eigenvalue weighted by Gasteiger charge is -2.21. The minimum absolute atomic E-state index is 0.0989. The Bertz CT molecular complexity index is 562. The third kappa shape index (κ3) is 1.95. The molecule has 0 N–H and O–H groups in total. The van der Waals surface area contributed by atoms with Gasteiger partial charge in [0.15, 0.2) is 0 Å². The standard InChI is InChI=1S/C14H19ClN2/c1-6-11-12-10(15)8-7-9(14(2,3)4)13(12)17(5)16-11/h7-8H,6H2,1-5H3. The second-order valence-corrected chi connectivity index (χ2v) is 5.90. The number of rotatable bonds is 1. The number of benzene rings is 1. The Balaban J connectivity index is 2.91. The lowest BCUT2D eigenvalue weighted by Crippen LogP contribution is -2.13. The highest BCUT2D eigenvalue weighted by Gasteiger charge is 2.22. The predicted molar refractivity (Wildman–Crippen MR) is 73.8 cm³/mol. The van der Waals surface area contributed by atoms with Crippen molar-refractivity contribution in [1.29, 1.82) is 0 Å². The van der Waals surface area contributed by atoms with Crippen molar-refractivity contribution in [2.45, 2.75) is 39.5 Å². The molecule has 2 rings (SSSR count). The van der Waals surface area contributed by atoms with Crippen LogP contribution in [0.2, 0.25) is 5.02 Å². The summed E-state index contributed by atoms with van der Waals surface area (Å²) >= 11 is 6.32. The van der Waals surface area contributed by atoms with Crippen molar-refractivity contribution >= 4 is 22.5 Å². The minimum atomic E-state index is 0.0989. The first-order valence-electron chi connectivity index (χ1n) is 6.00.